The number of fused-ring (bicyclic) bond motifs is 1. The molecule has 2 aromatic carbocycles. The van der Waals surface area contributed by atoms with E-state index in [1.165, 1.54) is 18.2 Å². The van der Waals surface area contributed by atoms with Crippen LogP contribution in [0.4, 0.5) is 13.2 Å². The minimum absolute atomic E-state index is 0.00525. The van der Waals surface area contributed by atoms with E-state index in [2.05, 4.69) is 15.4 Å². The van der Waals surface area contributed by atoms with Gasteiger partial charge in [0, 0.05) is 35.8 Å². The number of halogens is 3. The zero-order valence-electron chi connectivity index (χ0n) is 19.0. The second-order valence-electron chi connectivity index (χ2n) is 9.15. The molecule has 8 heteroatoms. The van der Waals surface area contributed by atoms with Crippen molar-refractivity contribution in [1.82, 2.24) is 20.1 Å². The Balaban J connectivity index is 1.31. The van der Waals surface area contributed by atoms with Crippen LogP contribution in [0.2, 0.25) is 0 Å². The molecule has 0 spiro atoms. The van der Waals surface area contributed by atoms with Crippen molar-refractivity contribution in [2.24, 2.45) is 18.9 Å². The van der Waals surface area contributed by atoms with Gasteiger partial charge in [-0.25, -0.2) is 13.2 Å². The van der Waals surface area contributed by atoms with Crippen LogP contribution < -0.4 is 5.32 Å². The summed E-state index contributed by atoms with van der Waals surface area (Å²) >= 11 is 0. The minimum atomic E-state index is -0.666. The predicted molar refractivity (Wildman–Crippen MR) is 123 cm³/mol. The van der Waals surface area contributed by atoms with Gasteiger partial charge in [0.25, 0.3) is 0 Å². The van der Waals surface area contributed by atoms with Crippen LogP contribution in [-0.4, -0.2) is 20.7 Å². The van der Waals surface area contributed by atoms with Gasteiger partial charge in [-0.15, -0.1) is 0 Å². The average Bonchev–Trinajstić information content (AvgIpc) is 3.28. The van der Waals surface area contributed by atoms with E-state index in [1.807, 2.05) is 20.0 Å². The fourth-order valence-corrected chi connectivity index (χ4v) is 4.80. The van der Waals surface area contributed by atoms with Crippen molar-refractivity contribution in [3.05, 3.63) is 76.9 Å². The number of hydrogen-bond acceptors (Lipinski definition) is 2. The van der Waals surface area contributed by atoms with E-state index < -0.39 is 11.6 Å². The second kappa shape index (κ2) is 8.66. The van der Waals surface area contributed by atoms with Crippen LogP contribution in [0.1, 0.15) is 29.8 Å². The molecule has 0 radical (unpaired) electrons. The molecule has 1 fully saturated rings. The number of hydrogen-bond donors (Lipinski definition) is 2. The van der Waals surface area contributed by atoms with Gasteiger partial charge < -0.3 is 10.3 Å². The smallest absolute Gasteiger partial charge is 0.223 e. The fourth-order valence-electron chi connectivity index (χ4n) is 4.80. The molecule has 1 amide bonds. The van der Waals surface area contributed by atoms with Gasteiger partial charge in [0.2, 0.25) is 5.91 Å². The number of aryl methyl sites for hydroxylation is 2. The van der Waals surface area contributed by atoms with Crippen LogP contribution in [0.15, 0.2) is 42.5 Å². The Morgan fingerprint density at radius 2 is 1.85 bits per heavy atom. The molecule has 0 atom stereocenters. The molecule has 1 aliphatic carbocycles. The van der Waals surface area contributed by atoms with Gasteiger partial charge in [-0.2, -0.15) is 5.10 Å². The Kier molecular flexibility index (Phi) is 5.67. The number of carbonyl (C=O) groups excluding carboxylic acids is 1. The molecule has 5 nitrogen and oxygen atoms in total. The molecule has 5 rings (SSSR count). The molecule has 0 aliphatic heterocycles. The van der Waals surface area contributed by atoms with Gasteiger partial charge in [-0.3, -0.25) is 9.48 Å². The molecular formula is C26H25F3N4O. The topological polar surface area (TPSA) is 62.7 Å². The summed E-state index contributed by atoms with van der Waals surface area (Å²) in [5.41, 5.74) is 4.21. The van der Waals surface area contributed by atoms with Gasteiger partial charge in [-0.05, 0) is 79.6 Å². The quantitative estimate of drug-likeness (QED) is 0.411. The highest BCUT2D eigenvalue weighted by Crippen LogP contribution is 2.41. The number of H-pyrrole nitrogens is 1. The number of benzene rings is 2. The largest absolute Gasteiger partial charge is 0.352 e. The first kappa shape index (κ1) is 22.3. The van der Waals surface area contributed by atoms with Crippen molar-refractivity contribution < 1.29 is 18.0 Å². The van der Waals surface area contributed by atoms with Crippen LogP contribution in [0, 0.1) is 36.2 Å². The summed E-state index contributed by atoms with van der Waals surface area (Å²) in [7, 11) is 1.86. The normalized spacial score (nSPS) is 17.7. The Hall–Kier alpha value is -3.55. The number of rotatable bonds is 6. The molecule has 2 heterocycles. The third-order valence-electron chi connectivity index (χ3n) is 6.77. The van der Waals surface area contributed by atoms with Crippen LogP contribution >= 0.6 is 0 Å². The highest BCUT2D eigenvalue weighted by atomic mass is 19.1. The molecule has 34 heavy (non-hydrogen) atoms. The van der Waals surface area contributed by atoms with Crippen molar-refractivity contribution in [2.75, 3.05) is 0 Å². The first-order chi connectivity index (χ1) is 16.3. The van der Waals surface area contributed by atoms with Gasteiger partial charge in [0.15, 0.2) is 0 Å². The number of aromatic nitrogens is 3. The lowest BCUT2D eigenvalue weighted by molar-refractivity contribution is -0.129. The molecule has 1 saturated carbocycles. The number of nitrogens with one attached hydrogen (secondary N) is 2. The molecule has 0 bridgehead atoms. The Morgan fingerprint density at radius 1 is 1.12 bits per heavy atom. The maximum atomic E-state index is 14.5. The molecule has 176 valence electrons. The first-order valence-corrected chi connectivity index (χ1v) is 11.3. The lowest BCUT2D eigenvalue weighted by Gasteiger charge is -2.34. The molecule has 2 aromatic heterocycles. The van der Waals surface area contributed by atoms with Gasteiger partial charge >= 0.3 is 0 Å². The lowest BCUT2D eigenvalue weighted by atomic mass is 9.71. The predicted octanol–water partition coefficient (Wildman–Crippen LogP) is 5.18. The maximum Gasteiger partial charge on any atom is 0.223 e. The van der Waals surface area contributed by atoms with Crippen molar-refractivity contribution in [3.8, 4) is 11.3 Å². The maximum absolute atomic E-state index is 14.5. The molecule has 0 unspecified atom stereocenters. The third kappa shape index (κ3) is 4.20. The van der Waals surface area contributed by atoms with Crippen molar-refractivity contribution in [2.45, 2.75) is 32.7 Å². The molecule has 1 aliphatic rings. The average molecular weight is 467 g/mol. The summed E-state index contributed by atoms with van der Waals surface area (Å²) in [4.78, 5) is 15.6. The summed E-state index contributed by atoms with van der Waals surface area (Å²) in [6.07, 6.45) is 1.96. The molecule has 0 saturated heterocycles. The van der Waals surface area contributed by atoms with Gasteiger partial charge in [0.1, 0.15) is 17.5 Å². The van der Waals surface area contributed by atoms with Crippen LogP contribution in [0.25, 0.3) is 22.2 Å². The third-order valence-corrected chi connectivity index (χ3v) is 6.77. The standard InChI is InChI=1S/C26H25F3N4O/c1-14-7-20(32-33(14)2)13-30-26(34)17-8-15(9-17)10-21-22-11-19(28)12-23(29)25(22)31-24(21)16-3-5-18(27)6-4-16/h3-7,11-12,15,17,31H,8-10,13H2,1-2H3,(H,30,34). The summed E-state index contributed by atoms with van der Waals surface area (Å²) in [6.45, 7) is 2.34. The Labute approximate surface area is 195 Å². The van der Waals surface area contributed by atoms with Gasteiger partial charge in [-0.1, -0.05) is 0 Å². The van der Waals surface area contributed by atoms with E-state index in [9.17, 15) is 18.0 Å². The fraction of sp³-hybridized carbons (Fsp3) is 0.308. The lowest BCUT2D eigenvalue weighted by Crippen LogP contribution is -2.39. The summed E-state index contributed by atoms with van der Waals surface area (Å²) in [5, 5.41) is 7.79. The van der Waals surface area contributed by atoms with Crippen molar-refractivity contribution >= 4 is 16.8 Å². The summed E-state index contributed by atoms with van der Waals surface area (Å²) < 4.78 is 43.7. The number of aromatic amines is 1. The van der Waals surface area contributed by atoms with E-state index >= 15 is 0 Å². The highest BCUT2D eigenvalue weighted by Gasteiger charge is 2.35. The SMILES string of the molecule is Cc1cc(CNC(=O)C2CC(Cc3c(-c4ccc(F)cc4)[nH]c4c(F)cc(F)cc34)C2)nn1C. The van der Waals surface area contributed by atoms with Crippen molar-refractivity contribution in [1.29, 1.82) is 0 Å². The Bertz CT molecular complexity index is 1350. The van der Waals surface area contributed by atoms with Crippen LogP contribution in [0.5, 0.6) is 0 Å². The van der Waals surface area contributed by atoms with E-state index in [0.717, 1.165) is 23.0 Å². The molecule has 4 aromatic rings. The van der Waals surface area contributed by atoms with Crippen LogP contribution in [0.3, 0.4) is 0 Å². The second-order valence-corrected chi connectivity index (χ2v) is 9.15. The minimum Gasteiger partial charge on any atom is -0.352 e. The van der Waals surface area contributed by atoms with E-state index in [-0.39, 0.29) is 29.1 Å². The highest BCUT2D eigenvalue weighted by molar-refractivity contribution is 5.91. The van der Waals surface area contributed by atoms with Crippen molar-refractivity contribution in [3.63, 3.8) is 0 Å². The van der Waals surface area contributed by atoms with E-state index in [1.54, 1.807) is 16.8 Å². The first-order valence-electron chi connectivity index (χ1n) is 11.3. The van der Waals surface area contributed by atoms with Gasteiger partial charge in [0.05, 0.1) is 17.8 Å². The number of amides is 1. The molecule has 2 N–H and O–H groups in total. The number of carbonyl (C=O) groups is 1. The number of nitrogens with zero attached hydrogens (tertiary/aromatic N) is 2. The summed E-state index contributed by atoms with van der Waals surface area (Å²) in [5.74, 6) is -1.58. The van der Waals surface area contributed by atoms with Crippen LogP contribution in [-0.2, 0) is 24.8 Å². The molecular weight excluding hydrogens is 441 g/mol. The van der Waals surface area contributed by atoms with E-state index in [0.29, 0.717) is 42.5 Å². The van der Waals surface area contributed by atoms with E-state index in [4.69, 9.17) is 0 Å². The zero-order valence-corrected chi connectivity index (χ0v) is 19.0. The monoisotopic (exact) mass is 466 g/mol. The summed E-state index contributed by atoms with van der Waals surface area (Å²) in [6, 6.07) is 10.0. The Morgan fingerprint density at radius 3 is 2.53 bits per heavy atom. The zero-order chi connectivity index (χ0) is 24.0.